The highest BCUT2D eigenvalue weighted by Gasteiger charge is 2.34. The number of nitrogens with zero attached hydrogens (tertiary/aromatic N) is 6. The molecule has 4 rings (SSSR count). The van der Waals surface area contributed by atoms with Crippen LogP contribution in [0, 0.1) is 17.9 Å². The second-order valence-corrected chi connectivity index (χ2v) is 12.4. The minimum Gasteiger partial charge on any atom is -0.493 e. The van der Waals surface area contributed by atoms with Gasteiger partial charge in [-0.3, -0.25) is 14.2 Å². The molecule has 3 aromatic rings. The number of carbonyl (C=O) groups excluding carboxylic acids is 1. The number of hydrazone groups is 1. The first-order valence-electron chi connectivity index (χ1n) is 12.0. The molecule has 1 amide bonds. The van der Waals surface area contributed by atoms with Crippen LogP contribution in [0.5, 0.6) is 5.88 Å². The largest absolute Gasteiger partial charge is 0.493 e. The highest BCUT2D eigenvalue weighted by molar-refractivity contribution is 7.92. The van der Waals surface area contributed by atoms with Crippen LogP contribution in [-0.4, -0.2) is 56.0 Å². The summed E-state index contributed by atoms with van der Waals surface area (Å²) in [4.78, 5) is 16.3. The van der Waals surface area contributed by atoms with Gasteiger partial charge in [-0.1, -0.05) is 30.9 Å². The third kappa shape index (κ3) is 7.33. The first-order chi connectivity index (χ1) is 20.3. The molecule has 1 aliphatic heterocycles. The zero-order valence-corrected chi connectivity index (χ0v) is 24.1. The first-order valence-corrected chi connectivity index (χ1v) is 15.8. The minimum atomic E-state index is -3.47. The molecule has 218 valence electrons. The number of amidine groups is 1. The number of rotatable bonds is 9. The van der Waals surface area contributed by atoms with Gasteiger partial charge in [-0.15, -0.1) is 5.01 Å². The van der Waals surface area contributed by atoms with Crippen LogP contribution in [0.2, 0.25) is 0 Å². The van der Waals surface area contributed by atoms with Crippen molar-refractivity contribution in [2.24, 2.45) is 5.10 Å². The normalized spacial score (nSPS) is 14.7. The zero-order valence-electron chi connectivity index (χ0n) is 22.5. The maximum Gasteiger partial charge on any atom is 0.307 e. The number of benzene rings is 2. The minimum absolute atomic E-state index is 0.0279. The lowest BCUT2D eigenvalue weighted by atomic mass is 10.2. The van der Waals surface area contributed by atoms with E-state index >= 15 is 0 Å². The average Bonchev–Trinajstić information content (AvgIpc) is 3.43. The molecule has 0 fully saturated rings. The number of hydrogen-bond acceptors (Lipinski definition) is 9. The van der Waals surface area contributed by atoms with Crippen LogP contribution < -0.4 is 14.5 Å². The van der Waals surface area contributed by atoms with E-state index in [-0.39, 0.29) is 28.5 Å². The Hall–Kier alpha value is -5.71. The van der Waals surface area contributed by atoms with Crippen molar-refractivity contribution < 1.29 is 26.7 Å². The number of sulfonamides is 2. The van der Waals surface area contributed by atoms with Crippen LogP contribution in [0.3, 0.4) is 0 Å². The van der Waals surface area contributed by atoms with Crippen LogP contribution >= 0.6 is 0 Å². The number of amides is 1. The topological polar surface area (TPSA) is 191 Å². The van der Waals surface area contributed by atoms with E-state index in [0.29, 0.717) is 22.7 Å². The molecule has 0 unspecified atom stereocenters. The van der Waals surface area contributed by atoms with Crippen molar-refractivity contribution in [2.75, 3.05) is 27.0 Å². The van der Waals surface area contributed by atoms with Crippen LogP contribution in [0.25, 0.3) is 16.6 Å². The van der Waals surface area contributed by atoms with E-state index in [4.69, 9.17) is 6.57 Å². The van der Waals surface area contributed by atoms with Gasteiger partial charge in [0.1, 0.15) is 6.07 Å². The van der Waals surface area contributed by atoms with E-state index in [2.05, 4.69) is 24.5 Å². The lowest BCUT2D eigenvalue weighted by Gasteiger charge is -2.09. The molecule has 3 N–H and O–H groups in total. The second-order valence-electron chi connectivity index (χ2n) is 8.93. The summed E-state index contributed by atoms with van der Waals surface area (Å²) in [7, 11) is -6.94. The molecule has 43 heavy (non-hydrogen) atoms. The molecule has 0 spiro atoms. The highest BCUT2D eigenvalue weighted by atomic mass is 32.2. The molecule has 1 aliphatic rings. The van der Waals surface area contributed by atoms with Gasteiger partial charge in [0.2, 0.25) is 25.9 Å². The number of nitrogens with one attached hydrogen (secondary N) is 2. The van der Waals surface area contributed by atoms with Crippen molar-refractivity contribution in [3.05, 3.63) is 101 Å². The van der Waals surface area contributed by atoms with E-state index in [9.17, 15) is 32.0 Å². The summed E-state index contributed by atoms with van der Waals surface area (Å²) in [5.41, 5.74) is 1.40. The molecule has 0 atom stereocenters. The Morgan fingerprint density at radius 1 is 0.930 bits per heavy atom. The van der Waals surface area contributed by atoms with Gasteiger partial charge in [0.25, 0.3) is 5.91 Å². The van der Waals surface area contributed by atoms with Crippen molar-refractivity contribution in [2.45, 2.75) is 0 Å². The number of carbonyl (C=O) groups is 1. The fourth-order valence-electron chi connectivity index (χ4n) is 3.78. The van der Waals surface area contributed by atoms with Gasteiger partial charge in [-0.05, 0) is 59.7 Å². The Labute approximate surface area is 247 Å². The van der Waals surface area contributed by atoms with Gasteiger partial charge in [-0.2, -0.15) is 15.0 Å². The summed E-state index contributed by atoms with van der Waals surface area (Å²) in [6, 6.07) is 13.8. The van der Waals surface area contributed by atoms with Gasteiger partial charge >= 0.3 is 5.84 Å². The maximum absolute atomic E-state index is 13.0. The fourth-order valence-corrected chi connectivity index (χ4v) is 4.91. The predicted octanol–water partition coefficient (Wildman–Crippen LogP) is 2.97. The zero-order chi connectivity index (χ0) is 31.4. The predicted molar refractivity (Wildman–Crippen MR) is 161 cm³/mol. The Kier molecular flexibility index (Phi) is 8.46. The second kappa shape index (κ2) is 12.0. The number of nitriles is 1. The maximum atomic E-state index is 13.0. The third-order valence-corrected chi connectivity index (χ3v) is 6.76. The first kappa shape index (κ1) is 30.3. The summed E-state index contributed by atoms with van der Waals surface area (Å²) in [6.45, 7) is 7.39. The SMILES string of the molecule is [C-]#[N+]C1=NN(c2ccc(NS(C)(=O)=O)cc2)C(=O)/C1=C\C=CC=Cc1c(C#N)nn(-c2ccc(NS(C)(=O)=O)cc2)c1O. The number of hydrogen-bond donors (Lipinski definition) is 3. The molecule has 16 heteroatoms. The quantitative estimate of drug-likeness (QED) is 0.185. The van der Waals surface area contributed by atoms with Crippen LogP contribution in [0.1, 0.15) is 11.3 Å². The fraction of sp³-hybridized carbons (Fsp3) is 0.0741. The molecule has 0 saturated heterocycles. The molecule has 0 aliphatic carbocycles. The van der Waals surface area contributed by atoms with Gasteiger partial charge in [0, 0.05) is 11.4 Å². The number of aromatic hydroxyl groups is 1. The summed E-state index contributed by atoms with van der Waals surface area (Å²) < 4.78 is 51.4. The van der Waals surface area contributed by atoms with Gasteiger partial charge in [0.05, 0.1) is 35.0 Å². The van der Waals surface area contributed by atoms with Crippen molar-refractivity contribution >= 4 is 54.9 Å². The summed E-state index contributed by atoms with van der Waals surface area (Å²) in [5, 5.41) is 29.4. The van der Waals surface area contributed by atoms with Crippen LogP contribution in [0.15, 0.2) is 83.5 Å². The average molecular weight is 619 g/mol. The molecular formula is C27H22N8O6S2. The van der Waals surface area contributed by atoms with Crippen molar-refractivity contribution in [1.29, 1.82) is 5.26 Å². The van der Waals surface area contributed by atoms with E-state index in [0.717, 1.165) is 22.2 Å². The highest BCUT2D eigenvalue weighted by Crippen LogP contribution is 2.28. The molecule has 2 aromatic carbocycles. The lowest BCUT2D eigenvalue weighted by molar-refractivity contribution is -0.114. The molecule has 0 radical (unpaired) electrons. The Bertz CT molecular complexity index is 2010. The summed E-state index contributed by atoms with van der Waals surface area (Å²) in [5.74, 6) is -1.03. The van der Waals surface area contributed by atoms with Gasteiger partial charge in [-0.25, -0.2) is 16.8 Å². The van der Waals surface area contributed by atoms with Crippen LogP contribution in [0.4, 0.5) is 17.1 Å². The van der Waals surface area contributed by atoms with Crippen molar-refractivity contribution in [3.8, 4) is 17.6 Å². The number of anilines is 3. The molecule has 2 heterocycles. The number of allylic oxidation sites excluding steroid dienone is 4. The summed E-state index contributed by atoms with van der Waals surface area (Å²) in [6.07, 6.45) is 9.35. The molecule has 0 bridgehead atoms. The Balaban J connectivity index is 1.50. The number of aromatic nitrogens is 2. The van der Waals surface area contributed by atoms with E-state index < -0.39 is 26.0 Å². The Morgan fingerprint density at radius 2 is 1.49 bits per heavy atom. The Morgan fingerprint density at radius 3 is 2.00 bits per heavy atom. The molecular weight excluding hydrogens is 596 g/mol. The van der Waals surface area contributed by atoms with Crippen molar-refractivity contribution in [3.63, 3.8) is 0 Å². The van der Waals surface area contributed by atoms with Crippen molar-refractivity contribution in [1.82, 2.24) is 9.78 Å². The van der Waals surface area contributed by atoms with Gasteiger partial charge in [0.15, 0.2) is 5.69 Å². The van der Waals surface area contributed by atoms with E-state index in [1.54, 1.807) is 0 Å². The van der Waals surface area contributed by atoms with Gasteiger partial charge < -0.3 is 9.95 Å². The van der Waals surface area contributed by atoms with E-state index in [1.165, 1.54) is 78.9 Å². The smallest absolute Gasteiger partial charge is 0.307 e. The molecule has 14 nitrogen and oxygen atoms in total. The monoisotopic (exact) mass is 618 g/mol. The summed E-state index contributed by atoms with van der Waals surface area (Å²) >= 11 is 0. The third-order valence-electron chi connectivity index (χ3n) is 5.55. The molecule has 0 saturated carbocycles. The van der Waals surface area contributed by atoms with E-state index in [1.807, 2.05) is 6.07 Å². The van der Waals surface area contributed by atoms with Crippen LogP contribution in [-0.2, 0) is 24.8 Å². The standard InChI is InChI=1S/C27H22N8O6S2/c1-29-25-23(27(37)35(31-25)21-15-11-19(12-16-21)33-43(3,40)41)8-6-4-5-7-22-24(17-28)30-34(26(22)36)20-13-9-18(10-14-20)32-42(2,38)39/h4-16,32-33,36H,2-3H3/b6-4?,7-5?,23-8-. The molecule has 1 aromatic heterocycles. The lowest BCUT2D eigenvalue weighted by Crippen LogP contribution is -2.21.